The van der Waals surface area contributed by atoms with E-state index in [1.165, 1.54) is 13.3 Å². The monoisotopic (exact) mass is 221 g/mol. The Kier molecular flexibility index (Phi) is 4.17. The zero-order chi connectivity index (χ0) is 12.1. The molecule has 0 spiro atoms. The van der Waals surface area contributed by atoms with Crippen molar-refractivity contribution in [2.75, 3.05) is 7.11 Å². The molecule has 0 aliphatic heterocycles. The van der Waals surface area contributed by atoms with Crippen molar-refractivity contribution in [3.8, 4) is 0 Å². The van der Waals surface area contributed by atoms with Crippen molar-refractivity contribution < 1.29 is 14.3 Å². The Morgan fingerprint density at radius 3 is 2.62 bits per heavy atom. The summed E-state index contributed by atoms with van der Waals surface area (Å²) in [5, 5.41) is 0. The molecule has 0 N–H and O–H groups in total. The van der Waals surface area contributed by atoms with Crippen LogP contribution in [0.3, 0.4) is 0 Å². The van der Waals surface area contributed by atoms with Gasteiger partial charge in [0.15, 0.2) is 5.78 Å². The minimum Gasteiger partial charge on any atom is -0.469 e. The third-order valence-electron chi connectivity index (χ3n) is 2.34. The van der Waals surface area contributed by atoms with Gasteiger partial charge in [0.2, 0.25) is 0 Å². The number of nitrogens with zero attached hydrogens (tertiary/aromatic N) is 1. The van der Waals surface area contributed by atoms with Gasteiger partial charge in [0.1, 0.15) is 0 Å². The Morgan fingerprint density at radius 1 is 1.44 bits per heavy atom. The van der Waals surface area contributed by atoms with E-state index >= 15 is 0 Å². The first-order chi connectivity index (χ1) is 7.54. The summed E-state index contributed by atoms with van der Waals surface area (Å²) < 4.78 is 4.52. The van der Waals surface area contributed by atoms with Crippen molar-refractivity contribution >= 4 is 11.8 Å². The molecule has 0 aliphatic rings. The van der Waals surface area contributed by atoms with Crippen LogP contribution in [-0.4, -0.2) is 23.8 Å². The normalized spacial score (nSPS) is 11.9. The average molecular weight is 221 g/mol. The van der Waals surface area contributed by atoms with E-state index in [0.717, 1.165) is 5.69 Å². The second-order valence-electron chi connectivity index (χ2n) is 3.73. The summed E-state index contributed by atoms with van der Waals surface area (Å²) in [5.41, 5.74) is 1.39. The van der Waals surface area contributed by atoms with Crippen LogP contribution in [0.4, 0.5) is 0 Å². The number of carbonyl (C=O) groups excluding carboxylic acids is 2. The molecule has 1 unspecified atom stereocenters. The average Bonchev–Trinajstić information content (AvgIpc) is 2.28. The van der Waals surface area contributed by atoms with Crippen LogP contribution >= 0.6 is 0 Å². The SMILES string of the molecule is COC(=O)CC(C)C(=O)c1ccc(C)nc1. The lowest BCUT2D eigenvalue weighted by atomic mass is 9.97. The van der Waals surface area contributed by atoms with Crippen LogP contribution in [0.15, 0.2) is 18.3 Å². The largest absolute Gasteiger partial charge is 0.469 e. The van der Waals surface area contributed by atoms with Crippen LogP contribution in [0.5, 0.6) is 0 Å². The third kappa shape index (κ3) is 3.15. The third-order valence-corrected chi connectivity index (χ3v) is 2.34. The number of ether oxygens (including phenoxy) is 1. The first kappa shape index (κ1) is 12.4. The Hall–Kier alpha value is -1.71. The Balaban J connectivity index is 2.70. The predicted molar refractivity (Wildman–Crippen MR) is 59.1 cm³/mol. The van der Waals surface area contributed by atoms with Gasteiger partial charge >= 0.3 is 5.97 Å². The Labute approximate surface area is 94.6 Å². The molecule has 4 nitrogen and oxygen atoms in total. The van der Waals surface area contributed by atoms with Crippen molar-refractivity contribution in [1.82, 2.24) is 4.98 Å². The van der Waals surface area contributed by atoms with Gasteiger partial charge in [-0.05, 0) is 19.1 Å². The summed E-state index contributed by atoms with van der Waals surface area (Å²) in [7, 11) is 1.31. The molecular weight excluding hydrogens is 206 g/mol. The molecule has 1 aromatic heterocycles. The number of pyridine rings is 1. The Morgan fingerprint density at radius 2 is 2.12 bits per heavy atom. The van der Waals surface area contributed by atoms with E-state index in [9.17, 15) is 9.59 Å². The highest BCUT2D eigenvalue weighted by Gasteiger charge is 2.18. The van der Waals surface area contributed by atoms with Crippen LogP contribution in [-0.2, 0) is 9.53 Å². The fraction of sp³-hybridized carbons (Fsp3) is 0.417. The summed E-state index contributed by atoms with van der Waals surface area (Å²) in [6, 6.07) is 3.50. The first-order valence-electron chi connectivity index (χ1n) is 5.08. The minimum atomic E-state index is -0.378. The number of carbonyl (C=O) groups is 2. The second-order valence-corrected chi connectivity index (χ2v) is 3.73. The molecule has 0 saturated heterocycles. The molecule has 1 aromatic rings. The maximum Gasteiger partial charge on any atom is 0.306 e. The van der Waals surface area contributed by atoms with Gasteiger partial charge in [-0.1, -0.05) is 6.92 Å². The van der Waals surface area contributed by atoms with Crippen LogP contribution in [0.25, 0.3) is 0 Å². The summed E-state index contributed by atoms with van der Waals surface area (Å²) in [6.45, 7) is 3.56. The van der Waals surface area contributed by atoms with Gasteiger partial charge in [-0.3, -0.25) is 14.6 Å². The van der Waals surface area contributed by atoms with Crippen LogP contribution in [0.2, 0.25) is 0 Å². The molecule has 1 heterocycles. The number of rotatable bonds is 4. The van der Waals surface area contributed by atoms with Crippen LogP contribution in [0.1, 0.15) is 29.4 Å². The molecule has 4 heteroatoms. The molecule has 16 heavy (non-hydrogen) atoms. The number of methoxy groups -OCH3 is 1. The first-order valence-corrected chi connectivity index (χ1v) is 5.08. The Bertz CT molecular complexity index is 384. The van der Waals surface area contributed by atoms with Gasteiger partial charge in [-0.2, -0.15) is 0 Å². The molecule has 86 valence electrons. The van der Waals surface area contributed by atoms with Gasteiger partial charge in [0, 0.05) is 23.4 Å². The molecule has 0 saturated carbocycles. The lowest BCUT2D eigenvalue weighted by molar-refractivity contribution is -0.141. The van der Waals surface area contributed by atoms with Crippen molar-refractivity contribution in [3.63, 3.8) is 0 Å². The van der Waals surface area contributed by atoms with E-state index < -0.39 is 0 Å². The van der Waals surface area contributed by atoms with Crippen LogP contribution in [0, 0.1) is 12.8 Å². The summed E-state index contributed by atoms with van der Waals surface area (Å²) in [5.74, 6) is -0.837. The predicted octanol–water partition coefficient (Wildman–Crippen LogP) is 1.77. The lowest BCUT2D eigenvalue weighted by Crippen LogP contribution is -2.16. The highest BCUT2D eigenvalue weighted by Crippen LogP contribution is 2.12. The van der Waals surface area contributed by atoms with E-state index in [1.54, 1.807) is 19.1 Å². The number of ketones is 1. The van der Waals surface area contributed by atoms with E-state index in [2.05, 4.69) is 9.72 Å². The topological polar surface area (TPSA) is 56.3 Å². The molecule has 0 fully saturated rings. The fourth-order valence-electron chi connectivity index (χ4n) is 1.32. The molecule has 0 aromatic carbocycles. The van der Waals surface area contributed by atoms with Gasteiger partial charge in [-0.25, -0.2) is 0 Å². The summed E-state index contributed by atoms with van der Waals surface area (Å²) in [6.07, 6.45) is 1.63. The molecular formula is C12H15NO3. The van der Waals surface area contributed by atoms with Crippen molar-refractivity contribution in [1.29, 1.82) is 0 Å². The number of Topliss-reactive ketones (excluding diaryl/α,β-unsaturated/α-hetero) is 1. The van der Waals surface area contributed by atoms with Crippen molar-refractivity contribution in [3.05, 3.63) is 29.6 Å². The molecule has 0 amide bonds. The van der Waals surface area contributed by atoms with Crippen LogP contribution < -0.4 is 0 Å². The zero-order valence-corrected chi connectivity index (χ0v) is 9.69. The quantitative estimate of drug-likeness (QED) is 0.574. The lowest BCUT2D eigenvalue weighted by Gasteiger charge is -2.08. The van der Waals surface area contributed by atoms with E-state index in [-0.39, 0.29) is 24.1 Å². The summed E-state index contributed by atoms with van der Waals surface area (Å²) >= 11 is 0. The number of aryl methyl sites for hydroxylation is 1. The second kappa shape index (κ2) is 5.39. The highest BCUT2D eigenvalue weighted by atomic mass is 16.5. The fourth-order valence-corrected chi connectivity index (χ4v) is 1.32. The van der Waals surface area contributed by atoms with Gasteiger partial charge in [0.05, 0.1) is 13.5 Å². The molecule has 0 bridgehead atoms. The highest BCUT2D eigenvalue weighted by molar-refractivity contribution is 5.98. The summed E-state index contributed by atoms with van der Waals surface area (Å²) in [4.78, 5) is 26.9. The molecule has 1 rings (SSSR count). The maximum absolute atomic E-state index is 11.9. The minimum absolute atomic E-state index is 0.0853. The molecule has 1 atom stereocenters. The van der Waals surface area contributed by atoms with Gasteiger partial charge in [-0.15, -0.1) is 0 Å². The van der Waals surface area contributed by atoms with Crippen molar-refractivity contribution in [2.45, 2.75) is 20.3 Å². The maximum atomic E-state index is 11.9. The molecule has 0 radical (unpaired) electrons. The smallest absolute Gasteiger partial charge is 0.306 e. The number of aromatic nitrogens is 1. The van der Waals surface area contributed by atoms with Gasteiger partial charge < -0.3 is 4.74 Å². The molecule has 0 aliphatic carbocycles. The van der Waals surface area contributed by atoms with E-state index in [0.29, 0.717) is 5.56 Å². The van der Waals surface area contributed by atoms with E-state index in [1.807, 2.05) is 6.92 Å². The standard InChI is InChI=1S/C12H15NO3/c1-8(6-11(14)16-3)12(15)10-5-4-9(2)13-7-10/h4-5,7-8H,6H2,1-3H3. The van der Waals surface area contributed by atoms with Gasteiger partial charge in [0.25, 0.3) is 0 Å². The number of esters is 1. The zero-order valence-electron chi connectivity index (χ0n) is 9.69. The number of hydrogen-bond donors (Lipinski definition) is 0. The van der Waals surface area contributed by atoms with E-state index in [4.69, 9.17) is 0 Å². The number of hydrogen-bond acceptors (Lipinski definition) is 4. The van der Waals surface area contributed by atoms with Crippen molar-refractivity contribution in [2.24, 2.45) is 5.92 Å².